The molecule has 0 amide bonds. The Bertz CT molecular complexity index is 594. The van der Waals surface area contributed by atoms with Crippen molar-refractivity contribution in [2.75, 3.05) is 0 Å². The van der Waals surface area contributed by atoms with Crippen LogP contribution in [-0.2, 0) is 13.0 Å². The fraction of sp³-hybridized carbons (Fsp3) is 0.533. The van der Waals surface area contributed by atoms with E-state index in [1.165, 1.54) is 11.3 Å². The molecular formula is C15H21N3O. The Hall–Kier alpha value is -1.55. The lowest BCUT2D eigenvalue weighted by Crippen LogP contribution is -2.26. The third-order valence-electron chi connectivity index (χ3n) is 4.14. The molecule has 4 heteroatoms. The third-order valence-corrected chi connectivity index (χ3v) is 4.14. The molecule has 2 heterocycles. The summed E-state index contributed by atoms with van der Waals surface area (Å²) in [6.45, 7) is 7.30. The summed E-state index contributed by atoms with van der Waals surface area (Å²) in [6.07, 6.45) is 5.50. The van der Waals surface area contributed by atoms with Crippen LogP contribution in [0, 0.1) is 12.3 Å². The van der Waals surface area contributed by atoms with Crippen LogP contribution >= 0.6 is 0 Å². The Morgan fingerprint density at radius 1 is 1.53 bits per heavy atom. The van der Waals surface area contributed by atoms with Crippen LogP contribution < -0.4 is 0 Å². The van der Waals surface area contributed by atoms with Gasteiger partial charge in [-0.05, 0) is 31.2 Å². The van der Waals surface area contributed by atoms with Gasteiger partial charge in [-0.3, -0.25) is 5.10 Å². The molecule has 0 saturated carbocycles. The molecule has 3 rings (SSSR count). The second-order valence-corrected chi connectivity index (χ2v) is 6.43. The molecule has 102 valence electrons. The topological polar surface area (TPSA) is 53.8 Å². The minimum absolute atomic E-state index is 0.161. The maximum absolute atomic E-state index is 10.3. The van der Waals surface area contributed by atoms with Crippen LogP contribution in [0.5, 0.6) is 0 Å². The second-order valence-electron chi connectivity index (χ2n) is 6.43. The Morgan fingerprint density at radius 2 is 2.32 bits per heavy atom. The van der Waals surface area contributed by atoms with Crippen LogP contribution in [0.15, 0.2) is 18.5 Å². The predicted molar refractivity (Wildman–Crippen MR) is 73.9 cm³/mol. The minimum atomic E-state index is -0.328. The molecule has 19 heavy (non-hydrogen) atoms. The molecule has 0 aromatic carbocycles. The SMILES string of the molecule is Cc1[nH]ncc1Cn1ccc2c1CC(C)(C)CC2O. The first kappa shape index (κ1) is 12.5. The van der Waals surface area contributed by atoms with Crippen molar-refractivity contribution >= 4 is 0 Å². The van der Waals surface area contributed by atoms with Gasteiger partial charge in [-0.15, -0.1) is 0 Å². The molecule has 2 aromatic heterocycles. The molecule has 0 bridgehead atoms. The summed E-state index contributed by atoms with van der Waals surface area (Å²) in [4.78, 5) is 0. The highest BCUT2D eigenvalue weighted by Crippen LogP contribution is 2.41. The minimum Gasteiger partial charge on any atom is -0.388 e. The lowest BCUT2D eigenvalue weighted by Gasteiger charge is -2.34. The van der Waals surface area contributed by atoms with Crippen molar-refractivity contribution in [1.82, 2.24) is 14.8 Å². The van der Waals surface area contributed by atoms with E-state index >= 15 is 0 Å². The number of aliphatic hydroxyl groups is 1. The predicted octanol–water partition coefficient (Wildman–Crippen LogP) is 2.57. The highest BCUT2D eigenvalue weighted by atomic mass is 16.3. The molecule has 2 aromatic rings. The zero-order valence-corrected chi connectivity index (χ0v) is 11.8. The smallest absolute Gasteiger partial charge is 0.0812 e. The number of aromatic nitrogens is 3. The van der Waals surface area contributed by atoms with Crippen LogP contribution in [0.1, 0.15) is 48.9 Å². The van der Waals surface area contributed by atoms with Crippen LogP contribution in [-0.4, -0.2) is 19.9 Å². The van der Waals surface area contributed by atoms with Gasteiger partial charge in [0.1, 0.15) is 0 Å². The van der Waals surface area contributed by atoms with E-state index < -0.39 is 0 Å². The lowest BCUT2D eigenvalue weighted by atomic mass is 9.75. The number of fused-ring (bicyclic) bond motifs is 1. The van der Waals surface area contributed by atoms with Crippen molar-refractivity contribution in [1.29, 1.82) is 0 Å². The van der Waals surface area contributed by atoms with Crippen molar-refractivity contribution < 1.29 is 5.11 Å². The summed E-state index contributed by atoms with van der Waals surface area (Å²) < 4.78 is 2.25. The normalized spacial score (nSPS) is 21.4. The van der Waals surface area contributed by atoms with E-state index in [1.807, 2.05) is 13.1 Å². The zero-order chi connectivity index (χ0) is 13.6. The van der Waals surface area contributed by atoms with Gasteiger partial charge in [-0.25, -0.2) is 0 Å². The van der Waals surface area contributed by atoms with Gasteiger partial charge in [0.05, 0.1) is 18.8 Å². The fourth-order valence-electron chi connectivity index (χ4n) is 3.05. The molecule has 0 aliphatic heterocycles. The lowest BCUT2D eigenvalue weighted by molar-refractivity contribution is 0.0981. The molecule has 1 aliphatic carbocycles. The summed E-state index contributed by atoms with van der Waals surface area (Å²) in [5, 5.41) is 17.3. The number of nitrogens with one attached hydrogen (secondary N) is 1. The van der Waals surface area contributed by atoms with Crippen LogP contribution in [0.2, 0.25) is 0 Å². The van der Waals surface area contributed by atoms with Crippen LogP contribution in [0.4, 0.5) is 0 Å². The maximum atomic E-state index is 10.3. The number of aromatic amines is 1. The molecule has 1 aliphatic rings. The Morgan fingerprint density at radius 3 is 3.00 bits per heavy atom. The highest BCUT2D eigenvalue weighted by Gasteiger charge is 2.33. The van der Waals surface area contributed by atoms with Gasteiger partial charge in [0.15, 0.2) is 0 Å². The Kier molecular flexibility index (Phi) is 2.78. The number of aliphatic hydroxyl groups excluding tert-OH is 1. The fourth-order valence-corrected chi connectivity index (χ4v) is 3.05. The molecule has 0 radical (unpaired) electrons. The summed E-state index contributed by atoms with van der Waals surface area (Å²) >= 11 is 0. The number of hydrogen-bond donors (Lipinski definition) is 2. The Balaban J connectivity index is 1.95. The molecule has 0 fully saturated rings. The van der Waals surface area contributed by atoms with E-state index in [2.05, 4.69) is 40.9 Å². The van der Waals surface area contributed by atoms with Gasteiger partial charge >= 0.3 is 0 Å². The first-order valence-corrected chi connectivity index (χ1v) is 6.81. The monoisotopic (exact) mass is 259 g/mol. The Labute approximate surface area is 113 Å². The first-order valence-electron chi connectivity index (χ1n) is 6.81. The van der Waals surface area contributed by atoms with E-state index in [4.69, 9.17) is 0 Å². The average Bonchev–Trinajstić information content (AvgIpc) is 2.87. The molecule has 1 atom stereocenters. The molecule has 0 saturated heterocycles. The molecule has 1 unspecified atom stereocenters. The van der Waals surface area contributed by atoms with Crippen LogP contribution in [0.25, 0.3) is 0 Å². The van der Waals surface area contributed by atoms with Crippen molar-refractivity contribution in [3.8, 4) is 0 Å². The van der Waals surface area contributed by atoms with Gasteiger partial charge in [-0.2, -0.15) is 5.10 Å². The average molecular weight is 259 g/mol. The number of nitrogens with zero attached hydrogens (tertiary/aromatic N) is 2. The summed E-state index contributed by atoms with van der Waals surface area (Å²) in [5.41, 5.74) is 4.84. The quantitative estimate of drug-likeness (QED) is 0.871. The number of H-pyrrole nitrogens is 1. The highest BCUT2D eigenvalue weighted by molar-refractivity contribution is 5.30. The number of aryl methyl sites for hydroxylation is 1. The van der Waals surface area contributed by atoms with Crippen molar-refractivity contribution in [2.45, 2.75) is 46.3 Å². The second kappa shape index (κ2) is 4.23. The van der Waals surface area contributed by atoms with Crippen LogP contribution in [0.3, 0.4) is 0 Å². The zero-order valence-electron chi connectivity index (χ0n) is 11.8. The van der Waals surface area contributed by atoms with E-state index in [-0.39, 0.29) is 11.5 Å². The molecule has 2 N–H and O–H groups in total. The molecule has 4 nitrogen and oxygen atoms in total. The summed E-state index contributed by atoms with van der Waals surface area (Å²) in [7, 11) is 0. The van der Waals surface area contributed by atoms with Gasteiger partial charge in [0.25, 0.3) is 0 Å². The standard InChI is InChI=1S/C15H21N3O/c1-10-11(8-16-17-10)9-18-5-4-12-13(18)6-15(2,3)7-14(12)19/h4-5,8,14,19H,6-7,9H2,1-3H3,(H,16,17). The van der Waals surface area contributed by atoms with Gasteiger partial charge in [-0.1, -0.05) is 13.8 Å². The number of rotatable bonds is 2. The molecular weight excluding hydrogens is 238 g/mol. The third kappa shape index (κ3) is 2.21. The van der Waals surface area contributed by atoms with E-state index in [0.717, 1.165) is 30.6 Å². The van der Waals surface area contributed by atoms with E-state index in [0.29, 0.717) is 0 Å². The summed E-state index contributed by atoms with van der Waals surface area (Å²) in [5.74, 6) is 0. The van der Waals surface area contributed by atoms with Crippen molar-refractivity contribution in [2.24, 2.45) is 5.41 Å². The van der Waals surface area contributed by atoms with E-state index in [9.17, 15) is 5.11 Å². The van der Waals surface area contributed by atoms with Crippen molar-refractivity contribution in [3.05, 3.63) is 41.0 Å². The molecule has 0 spiro atoms. The first-order chi connectivity index (χ1) is 8.96. The van der Waals surface area contributed by atoms with Gasteiger partial charge in [0, 0.05) is 28.7 Å². The van der Waals surface area contributed by atoms with E-state index in [1.54, 1.807) is 0 Å². The largest absolute Gasteiger partial charge is 0.388 e. The maximum Gasteiger partial charge on any atom is 0.0812 e. The van der Waals surface area contributed by atoms with Gasteiger partial charge in [0.2, 0.25) is 0 Å². The van der Waals surface area contributed by atoms with Gasteiger partial charge < -0.3 is 9.67 Å². The number of hydrogen-bond acceptors (Lipinski definition) is 2. The van der Waals surface area contributed by atoms with Crippen molar-refractivity contribution in [3.63, 3.8) is 0 Å². The summed E-state index contributed by atoms with van der Waals surface area (Å²) in [6, 6.07) is 2.06.